The highest BCUT2D eigenvalue weighted by atomic mass is 32.2. The molecule has 4 aromatic rings. The van der Waals surface area contributed by atoms with E-state index in [0.717, 1.165) is 55.0 Å². The molecule has 4 aromatic carbocycles. The van der Waals surface area contributed by atoms with E-state index in [9.17, 15) is 21.6 Å². The van der Waals surface area contributed by atoms with Crippen LogP contribution >= 0.6 is 11.8 Å². The quantitative estimate of drug-likeness (QED) is 0.155. The van der Waals surface area contributed by atoms with Gasteiger partial charge in [0.05, 0.1) is 9.79 Å². The number of carbonyl (C=O) groups excluding carboxylic acids is 1. The van der Waals surface area contributed by atoms with Crippen LogP contribution in [0.1, 0.15) is 48.2 Å². The fourth-order valence-corrected chi connectivity index (χ4v) is 8.13. The van der Waals surface area contributed by atoms with Crippen LogP contribution in [0.3, 0.4) is 0 Å². The standard InChI is InChI=1S/C37H43N3O5S3/c1-37(2)21-23-40(24-22-37)32-15-13-31(14-16-32)36(41)38-48(44,45)35-19-11-30(12-20-35)28-39(25-26-46-33-7-5-4-6-8-33)27-29-9-17-34(18-10-29)47(3,42)43/h4-20H,21-28H2,1-3H3,(H,38,41). The molecule has 254 valence electrons. The SMILES string of the molecule is CC1(C)CCN(c2ccc(C(=O)NS(=O)(=O)c3ccc(CN(CCSc4ccccc4)Cc4ccc(S(C)(=O)=O)cc4)cc3)cc2)CC1. The fraction of sp³-hybridized carbons (Fsp3) is 0.324. The molecule has 5 rings (SSSR count). The van der Waals surface area contributed by atoms with Crippen molar-refractivity contribution in [1.29, 1.82) is 0 Å². The number of nitrogens with one attached hydrogen (secondary N) is 1. The van der Waals surface area contributed by atoms with Crippen molar-refractivity contribution in [3.05, 3.63) is 120 Å². The largest absolute Gasteiger partial charge is 0.371 e. The molecule has 48 heavy (non-hydrogen) atoms. The molecule has 0 bridgehead atoms. The Morgan fingerprint density at radius 3 is 1.85 bits per heavy atom. The third kappa shape index (κ3) is 9.95. The monoisotopic (exact) mass is 705 g/mol. The van der Waals surface area contributed by atoms with E-state index in [0.29, 0.717) is 18.5 Å². The molecule has 1 N–H and O–H groups in total. The van der Waals surface area contributed by atoms with Crippen LogP contribution in [0.25, 0.3) is 0 Å². The van der Waals surface area contributed by atoms with E-state index in [2.05, 4.69) is 40.5 Å². The van der Waals surface area contributed by atoms with Crippen LogP contribution < -0.4 is 9.62 Å². The fourth-order valence-electron chi connectivity index (χ4n) is 5.59. The number of amides is 1. The summed E-state index contributed by atoms with van der Waals surface area (Å²) in [4.78, 5) is 18.9. The Hall–Kier alpha value is -3.64. The van der Waals surface area contributed by atoms with Crippen LogP contribution in [0.15, 0.2) is 118 Å². The van der Waals surface area contributed by atoms with Crippen molar-refractivity contribution in [3.63, 3.8) is 0 Å². The molecule has 1 fully saturated rings. The maximum Gasteiger partial charge on any atom is 0.264 e. The first-order valence-corrected chi connectivity index (χ1v) is 20.3. The van der Waals surface area contributed by atoms with Gasteiger partial charge in [0.15, 0.2) is 9.84 Å². The van der Waals surface area contributed by atoms with Crippen molar-refractivity contribution in [3.8, 4) is 0 Å². The third-order valence-corrected chi connectivity index (χ3v) is 12.1. The van der Waals surface area contributed by atoms with Gasteiger partial charge in [0.25, 0.3) is 15.9 Å². The molecule has 1 heterocycles. The highest BCUT2D eigenvalue weighted by Crippen LogP contribution is 2.32. The summed E-state index contributed by atoms with van der Waals surface area (Å²) >= 11 is 1.75. The Bertz CT molecular complexity index is 1890. The predicted octanol–water partition coefficient (Wildman–Crippen LogP) is 6.63. The number of sulfonamides is 1. The van der Waals surface area contributed by atoms with Crippen LogP contribution in [0.4, 0.5) is 5.69 Å². The number of hydrogen-bond acceptors (Lipinski definition) is 8. The lowest BCUT2D eigenvalue weighted by molar-refractivity contribution is 0.0981. The van der Waals surface area contributed by atoms with Crippen LogP contribution in [-0.2, 0) is 33.0 Å². The summed E-state index contributed by atoms with van der Waals surface area (Å²) in [5.74, 6) is 0.163. The number of piperidine rings is 1. The van der Waals surface area contributed by atoms with E-state index in [-0.39, 0.29) is 15.4 Å². The topological polar surface area (TPSA) is 104 Å². The van der Waals surface area contributed by atoms with Gasteiger partial charge in [-0.05, 0) is 90.0 Å². The van der Waals surface area contributed by atoms with Crippen LogP contribution in [-0.4, -0.2) is 59.3 Å². The Morgan fingerprint density at radius 2 is 1.31 bits per heavy atom. The highest BCUT2D eigenvalue weighted by molar-refractivity contribution is 7.99. The molecule has 1 aliphatic heterocycles. The first kappa shape index (κ1) is 35.7. The molecule has 1 amide bonds. The van der Waals surface area contributed by atoms with Crippen molar-refractivity contribution in [2.24, 2.45) is 5.41 Å². The zero-order valence-electron chi connectivity index (χ0n) is 27.6. The summed E-state index contributed by atoms with van der Waals surface area (Å²) in [6.45, 7) is 8.34. The maximum atomic E-state index is 13.1. The number of nitrogens with zero attached hydrogens (tertiary/aromatic N) is 2. The van der Waals surface area contributed by atoms with Crippen molar-refractivity contribution in [2.45, 2.75) is 54.5 Å². The minimum absolute atomic E-state index is 0.00898. The van der Waals surface area contributed by atoms with E-state index in [4.69, 9.17) is 0 Å². The molecule has 0 aromatic heterocycles. The van der Waals surface area contributed by atoms with Crippen molar-refractivity contribution in [1.82, 2.24) is 9.62 Å². The number of rotatable bonds is 13. The Labute approximate surface area is 289 Å². The normalized spacial score (nSPS) is 15.0. The summed E-state index contributed by atoms with van der Waals surface area (Å²) in [6, 6.07) is 30.7. The number of anilines is 1. The summed E-state index contributed by atoms with van der Waals surface area (Å²) in [6.07, 6.45) is 3.38. The van der Waals surface area contributed by atoms with Gasteiger partial charge in [-0.3, -0.25) is 9.69 Å². The van der Waals surface area contributed by atoms with E-state index < -0.39 is 25.8 Å². The smallest absolute Gasteiger partial charge is 0.264 e. The third-order valence-electron chi connectivity index (χ3n) is 8.66. The summed E-state index contributed by atoms with van der Waals surface area (Å²) in [7, 11) is -7.37. The van der Waals surface area contributed by atoms with E-state index >= 15 is 0 Å². The zero-order chi connectivity index (χ0) is 34.4. The van der Waals surface area contributed by atoms with Crippen LogP contribution in [0.2, 0.25) is 0 Å². The molecule has 0 spiro atoms. The molecule has 11 heteroatoms. The second kappa shape index (κ2) is 15.3. The zero-order valence-corrected chi connectivity index (χ0v) is 30.1. The van der Waals surface area contributed by atoms with Gasteiger partial charge in [0, 0.05) is 60.9 Å². The average molecular weight is 706 g/mol. The van der Waals surface area contributed by atoms with Gasteiger partial charge in [0.1, 0.15) is 0 Å². The van der Waals surface area contributed by atoms with Gasteiger partial charge in [-0.1, -0.05) is 56.3 Å². The van der Waals surface area contributed by atoms with Crippen molar-refractivity contribution in [2.75, 3.05) is 36.5 Å². The van der Waals surface area contributed by atoms with Gasteiger partial charge >= 0.3 is 0 Å². The Kier molecular flexibility index (Phi) is 11.4. The second-order valence-corrected chi connectivity index (χ2v) is 17.9. The van der Waals surface area contributed by atoms with Gasteiger partial charge in [-0.25, -0.2) is 21.6 Å². The van der Waals surface area contributed by atoms with Gasteiger partial charge in [-0.15, -0.1) is 11.8 Å². The molecular weight excluding hydrogens is 663 g/mol. The van der Waals surface area contributed by atoms with Gasteiger partial charge in [0.2, 0.25) is 0 Å². The number of thioether (sulfide) groups is 1. The van der Waals surface area contributed by atoms with E-state index in [1.54, 1.807) is 48.2 Å². The molecule has 0 unspecified atom stereocenters. The maximum absolute atomic E-state index is 13.1. The summed E-state index contributed by atoms with van der Waals surface area (Å²) in [5, 5.41) is 0. The van der Waals surface area contributed by atoms with Crippen LogP contribution in [0.5, 0.6) is 0 Å². The minimum atomic E-state index is -4.08. The number of carbonyl (C=O) groups is 1. The average Bonchev–Trinajstić information content (AvgIpc) is 3.05. The minimum Gasteiger partial charge on any atom is -0.371 e. The van der Waals surface area contributed by atoms with E-state index in [1.807, 2.05) is 42.5 Å². The predicted molar refractivity (Wildman–Crippen MR) is 194 cm³/mol. The molecule has 0 radical (unpaired) electrons. The lowest BCUT2D eigenvalue weighted by atomic mass is 9.82. The van der Waals surface area contributed by atoms with Crippen LogP contribution in [0, 0.1) is 5.41 Å². The molecule has 8 nitrogen and oxygen atoms in total. The van der Waals surface area contributed by atoms with Crippen molar-refractivity contribution < 1.29 is 21.6 Å². The number of benzene rings is 4. The van der Waals surface area contributed by atoms with Crippen molar-refractivity contribution >= 4 is 43.2 Å². The first-order valence-electron chi connectivity index (χ1n) is 16.0. The molecule has 1 aliphatic rings. The second-order valence-electron chi connectivity index (χ2n) is 13.1. The Morgan fingerprint density at radius 1 is 0.771 bits per heavy atom. The lowest BCUT2D eigenvalue weighted by Gasteiger charge is -2.38. The molecule has 0 aliphatic carbocycles. The highest BCUT2D eigenvalue weighted by Gasteiger charge is 2.26. The number of hydrogen-bond donors (Lipinski definition) is 1. The number of sulfone groups is 1. The summed E-state index contributed by atoms with van der Waals surface area (Å²) < 4.78 is 52.3. The van der Waals surface area contributed by atoms with Gasteiger partial charge < -0.3 is 4.90 Å². The molecule has 1 saturated heterocycles. The molecule has 0 atom stereocenters. The lowest BCUT2D eigenvalue weighted by Crippen LogP contribution is -2.37. The van der Waals surface area contributed by atoms with E-state index in [1.165, 1.54) is 23.3 Å². The molecule has 0 saturated carbocycles. The van der Waals surface area contributed by atoms with Gasteiger partial charge in [-0.2, -0.15) is 0 Å². The Balaban J connectivity index is 1.22. The molecular formula is C37H43N3O5S3. The summed E-state index contributed by atoms with van der Waals surface area (Å²) in [5.41, 5.74) is 3.53. The first-order chi connectivity index (χ1) is 22.8.